The van der Waals surface area contributed by atoms with E-state index >= 15 is 0 Å². The van der Waals surface area contributed by atoms with Crippen LogP contribution in [0.25, 0.3) is 0 Å². The molecule has 1 amide bonds. The van der Waals surface area contributed by atoms with Gasteiger partial charge in [-0.1, -0.05) is 57.7 Å². The van der Waals surface area contributed by atoms with Crippen molar-refractivity contribution in [2.45, 2.75) is 91.0 Å². The van der Waals surface area contributed by atoms with E-state index in [9.17, 15) is 14.7 Å². The van der Waals surface area contributed by atoms with Gasteiger partial charge in [-0.3, -0.25) is 14.6 Å². The molecule has 180 valence electrons. The van der Waals surface area contributed by atoms with Gasteiger partial charge in [0.15, 0.2) is 5.82 Å². The van der Waals surface area contributed by atoms with Crippen molar-refractivity contribution < 1.29 is 19.2 Å². The Morgan fingerprint density at radius 2 is 1.97 bits per heavy atom. The fourth-order valence-electron chi connectivity index (χ4n) is 5.07. The zero-order chi connectivity index (χ0) is 23.9. The van der Waals surface area contributed by atoms with Crippen molar-refractivity contribution in [3.8, 4) is 0 Å². The van der Waals surface area contributed by atoms with Gasteiger partial charge < -0.3 is 14.9 Å². The van der Waals surface area contributed by atoms with Crippen LogP contribution in [0.1, 0.15) is 107 Å². The SMILES string of the molecule is CC(C)(C)C1(CCC[C@H](CC(=O)O)c2nc(CNC(=O)c3ccccn3)no2)CCCCC1. The van der Waals surface area contributed by atoms with Gasteiger partial charge in [-0.25, -0.2) is 0 Å². The number of nitrogens with one attached hydrogen (secondary N) is 1. The standard InChI is InChI=1S/C25H36N4O4/c1-24(2,3)25(12-6-4-7-13-25)14-9-10-18(16-21(30)31)23-28-20(29-33-23)17-27-22(32)19-11-5-8-15-26-19/h5,8,11,15,18H,4,6-7,9-10,12-14,16-17H2,1-3H3,(H,27,32)(H,30,31)/t18-/m1/s1. The van der Waals surface area contributed by atoms with E-state index in [4.69, 9.17) is 4.52 Å². The first-order chi connectivity index (χ1) is 15.7. The summed E-state index contributed by atoms with van der Waals surface area (Å²) in [6.07, 6.45) is 10.5. The highest BCUT2D eigenvalue weighted by atomic mass is 16.5. The van der Waals surface area contributed by atoms with Crippen molar-refractivity contribution >= 4 is 11.9 Å². The Morgan fingerprint density at radius 1 is 1.21 bits per heavy atom. The molecule has 33 heavy (non-hydrogen) atoms. The topological polar surface area (TPSA) is 118 Å². The molecule has 2 heterocycles. The van der Waals surface area contributed by atoms with Crippen LogP contribution >= 0.6 is 0 Å². The number of carbonyl (C=O) groups excluding carboxylic acids is 1. The number of carbonyl (C=O) groups is 2. The number of carboxylic acids is 1. The smallest absolute Gasteiger partial charge is 0.304 e. The van der Waals surface area contributed by atoms with Crippen LogP contribution in [-0.2, 0) is 11.3 Å². The first kappa shape index (κ1) is 24.9. The Morgan fingerprint density at radius 3 is 2.61 bits per heavy atom. The third-order valence-electron chi connectivity index (χ3n) is 7.17. The summed E-state index contributed by atoms with van der Waals surface area (Å²) >= 11 is 0. The van der Waals surface area contributed by atoms with Gasteiger partial charge in [0.25, 0.3) is 5.91 Å². The highest BCUT2D eigenvalue weighted by molar-refractivity contribution is 5.92. The van der Waals surface area contributed by atoms with Crippen LogP contribution in [0.3, 0.4) is 0 Å². The Balaban J connectivity index is 1.60. The molecule has 0 aromatic carbocycles. The molecule has 0 spiro atoms. The van der Waals surface area contributed by atoms with E-state index in [1.807, 2.05) is 0 Å². The third kappa shape index (κ3) is 6.62. The second-order valence-corrected chi connectivity index (χ2v) is 10.2. The monoisotopic (exact) mass is 456 g/mol. The highest BCUT2D eigenvalue weighted by Crippen LogP contribution is 2.53. The molecular weight excluding hydrogens is 420 g/mol. The van der Waals surface area contributed by atoms with Crippen molar-refractivity contribution in [2.24, 2.45) is 10.8 Å². The summed E-state index contributed by atoms with van der Waals surface area (Å²) in [7, 11) is 0. The number of pyridine rings is 1. The van der Waals surface area contributed by atoms with Gasteiger partial charge in [0, 0.05) is 12.1 Å². The Hall–Kier alpha value is -2.77. The van der Waals surface area contributed by atoms with Crippen molar-refractivity contribution in [1.29, 1.82) is 0 Å². The third-order valence-corrected chi connectivity index (χ3v) is 7.17. The molecule has 8 nitrogen and oxygen atoms in total. The molecular formula is C25H36N4O4. The van der Waals surface area contributed by atoms with Crippen LogP contribution in [0, 0.1) is 10.8 Å². The molecule has 0 aliphatic heterocycles. The lowest BCUT2D eigenvalue weighted by molar-refractivity contribution is -0.137. The minimum Gasteiger partial charge on any atom is -0.481 e. The van der Waals surface area contributed by atoms with Gasteiger partial charge >= 0.3 is 5.97 Å². The number of amides is 1. The van der Waals surface area contributed by atoms with Crippen molar-refractivity contribution in [2.75, 3.05) is 0 Å². The Kier molecular flexibility index (Phi) is 8.21. The summed E-state index contributed by atoms with van der Waals surface area (Å²) in [6.45, 7) is 7.08. The van der Waals surface area contributed by atoms with Gasteiger partial charge in [-0.2, -0.15) is 4.98 Å². The molecule has 1 atom stereocenters. The minimum atomic E-state index is -0.883. The molecule has 0 unspecified atom stereocenters. The number of carboxylic acid groups (broad SMARTS) is 1. The first-order valence-electron chi connectivity index (χ1n) is 11.9. The molecule has 1 fully saturated rings. The highest BCUT2D eigenvalue weighted by Gasteiger charge is 2.42. The minimum absolute atomic E-state index is 0.0511. The van der Waals surface area contributed by atoms with Crippen LogP contribution < -0.4 is 5.32 Å². The fraction of sp³-hybridized carbons (Fsp3) is 0.640. The second-order valence-electron chi connectivity index (χ2n) is 10.2. The molecule has 0 radical (unpaired) electrons. The maximum atomic E-state index is 12.2. The number of hydrogen-bond acceptors (Lipinski definition) is 6. The summed E-state index contributed by atoms with van der Waals surface area (Å²) in [5.74, 6) is -0.901. The lowest BCUT2D eigenvalue weighted by Crippen LogP contribution is -2.37. The van der Waals surface area contributed by atoms with Crippen molar-refractivity contribution in [1.82, 2.24) is 20.4 Å². The molecule has 0 saturated heterocycles. The van der Waals surface area contributed by atoms with Crippen molar-refractivity contribution in [3.63, 3.8) is 0 Å². The fourth-order valence-corrected chi connectivity index (χ4v) is 5.07. The lowest BCUT2D eigenvalue weighted by Gasteiger charge is -2.48. The van der Waals surface area contributed by atoms with E-state index in [0.717, 1.165) is 12.8 Å². The first-order valence-corrected chi connectivity index (χ1v) is 11.9. The molecule has 2 N–H and O–H groups in total. The van der Waals surface area contributed by atoms with Gasteiger partial charge in [0.05, 0.1) is 13.0 Å². The normalized spacial score (nSPS) is 16.8. The van der Waals surface area contributed by atoms with E-state index in [1.54, 1.807) is 24.4 Å². The van der Waals surface area contributed by atoms with Crippen LogP contribution in [0.2, 0.25) is 0 Å². The number of rotatable bonds is 10. The second kappa shape index (κ2) is 10.9. The number of nitrogens with zero attached hydrogens (tertiary/aromatic N) is 3. The Bertz CT molecular complexity index is 914. The molecule has 1 aliphatic rings. The van der Waals surface area contributed by atoms with Crippen molar-refractivity contribution in [3.05, 3.63) is 41.8 Å². The van der Waals surface area contributed by atoms with E-state index in [0.29, 0.717) is 29.2 Å². The molecule has 2 aromatic rings. The van der Waals surface area contributed by atoms with E-state index < -0.39 is 5.97 Å². The van der Waals surface area contributed by atoms with E-state index in [2.05, 4.69) is 41.2 Å². The average Bonchev–Trinajstić information content (AvgIpc) is 3.26. The summed E-state index contributed by atoms with van der Waals surface area (Å²) in [4.78, 5) is 32.1. The van der Waals surface area contributed by atoms with Crippen LogP contribution in [0.15, 0.2) is 28.9 Å². The van der Waals surface area contributed by atoms with Crippen LogP contribution in [0.4, 0.5) is 0 Å². The Labute approximate surface area is 195 Å². The van der Waals surface area contributed by atoms with Crippen LogP contribution in [0.5, 0.6) is 0 Å². The summed E-state index contributed by atoms with van der Waals surface area (Å²) in [5, 5.41) is 16.1. The zero-order valence-electron chi connectivity index (χ0n) is 20.0. The van der Waals surface area contributed by atoms with E-state index in [1.165, 1.54) is 32.1 Å². The maximum absolute atomic E-state index is 12.2. The lowest BCUT2D eigenvalue weighted by atomic mass is 9.57. The van der Waals surface area contributed by atoms with Gasteiger partial charge in [0.1, 0.15) is 5.69 Å². The van der Waals surface area contributed by atoms with Gasteiger partial charge in [-0.15, -0.1) is 0 Å². The summed E-state index contributed by atoms with van der Waals surface area (Å²) in [5.41, 5.74) is 0.828. The summed E-state index contributed by atoms with van der Waals surface area (Å²) < 4.78 is 5.41. The van der Waals surface area contributed by atoms with Gasteiger partial charge in [0.2, 0.25) is 5.89 Å². The summed E-state index contributed by atoms with van der Waals surface area (Å²) in [6, 6.07) is 5.10. The maximum Gasteiger partial charge on any atom is 0.304 e. The predicted molar refractivity (Wildman–Crippen MR) is 124 cm³/mol. The predicted octanol–water partition coefficient (Wildman–Crippen LogP) is 5.12. The number of aliphatic carboxylic acids is 1. The molecule has 8 heteroatoms. The van der Waals surface area contributed by atoms with E-state index in [-0.39, 0.29) is 30.2 Å². The number of hydrogen-bond donors (Lipinski definition) is 2. The quantitative estimate of drug-likeness (QED) is 0.509. The molecule has 2 aromatic heterocycles. The number of aromatic nitrogens is 3. The molecule has 0 bridgehead atoms. The van der Waals surface area contributed by atoms with Crippen LogP contribution in [-0.4, -0.2) is 32.1 Å². The molecule has 3 rings (SSSR count). The molecule has 1 saturated carbocycles. The molecule has 1 aliphatic carbocycles. The van der Waals surface area contributed by atoms with Gasteiger partial charge in [-0.05, 0) is 48.6 Å². The average molecular weight is 457 g/mol. The largest absolute Gasteiger partial charge is 0.481 e. The zero-order valence-corrected chi connectivity index (χ0v) is 20.0.